The van der Waals surface area contributed by atoms with Crippen molar-refractivity contribution >= 4 is 29.1 Å². The SMILES string of the molecule is COC1(C(=O)N2CC3(CN(CCC4CCN(c5ccc(C6CCC(=O)NC6=O)cc5)CC4)C3)C2)CCN(c2cnnc(-c3ccccc3O)c2)CC1. The zero-order valence-corrected chi connectivity index (χ0v) is 30.0. The van der Waals surface area contributed by atoms with Crippen LogP contribution in [-0.2, 0) is 19.1 Å². The van der Waals surface area contributed by atoms with Crippen molar-refractivity contribution < 1.29 is 24.2 Å². The van der Waals surface area contributed by atoms with Gasteiger partial charge < -0.3 is 29.4 Å². The van der Waals surface area contributed by atoms with Gasteiger partial charge >= 0.3 is 0 Å². The van der Waals surface area contributed by atoms with E-state index in [-0.39, 0.29) is 34.8 Å². The first-order chi connectivity index (χ1) is 25.2. The van der Waals surface area contributed by atoms with Gasteiger partial charge in [-0.2, -0.15) is 10.2 Å². The second-order valence-corrected chi connectivity index (χ2v) is 15.7. The summed E-state index contributed by atoms with van der Waals surface area (Å²) in [6, 6.07) is 17.4. The highest BCUT2D eigenvalue weighted by atomic mass is 16.5. The van der Waals surface area contributed by atoms with Crippen LogP contribution in [0.2, 0.25) is 0 Å². The summed E-state index contributed by atoms with van der Waals surface area (Å²) in [6.07, 6.45) is 7.52. The lowest BCUT2D eigenvalue weighted by atomic mass is 9.71. The lowest BCUT2D eigenvalue weighted by Crippen LogP contribution is -2.75. The van der Waals surface area contributed by atoms with Crippen molar-refractivity contribution in [2.75, 3.05) is 75.8 Å². The summed E-state index contributed by atoms with van der Waals surface area (Å²) in [6.45, 7) is 8.32. The van der Waals surface area contributed by atoms with Crippen LogP contribution in [-0.4, -0.2) is 114 Å². The van der Waals surface area contributed by atoms with E-state index in [9.17, 15) is 19.5 Å². The smallest absolute Gasteiger partial charge is 0.254 e. The van der Waals surface area contributed by atoms with Crippen molar-refractivity contribution in [3.05, 3.63) is 66.4 Å². The highest BCUT2D eigenvalue weighted by molar-refractivity contribution is 6.01. The Labute approximate surface area is 305 Å². The summed E-state index contributed by atoms with van der Waals surface area (Å²) in [5, 5.41) is 21.2. The molecule has 8 rings (SSSR count). The Kier molecular flexibility index (Phi) is 9.37. The van der Waals surface area contributed by atoms with Gasteiger partial charge in [-0.25, -0.2) is 0 Å². The lowest BCUT2D eigenvalue weighted by Gasteiger charge is -2.61. The van der Waals surface area contributed by atoms with Crippen LogP contribution >= 0.6 is 0 Å². The number of rotatable bonds is 9. The van der Waals surface area contributed by atoms with Gasteiger partial charge in [-0.3, -0.25) is 19.7 Å². The van der Waals surface area contributed by atoms with Crippen LogP contribution < -0.4 is 15.1 Å². The highest BCUT2D eigenvalue weighted by Crippen LogP contribution is 2.43. The summed E-state index contributed by atoms with van der Waals surface area (Å²) < 4.78 is 5.99. The van der Waals surface area contributed by atoms with Gasteiger partial charge in [-0.05, 0) is 74.0 Å². The standard InChI is InChI=1S/C40H49N7O5/c1-52-40(15-20-46(21-16-40)31-22-34(43-41-23-31)33-4-2-3-5-35(33)48)38(51)47-26-39(27-47)24-44(25-39)17-12-28-13-18-45(19-14-28)30-8-6-29(7-9-30)32-10-11-36(49)42-37(32)50/h2-9,22-23,28,32,48H,10-21,24-27H2,1H3,(H,42,49,50). The number of phenolic OH excluding ortho intramolecular Hbond substituents is 1. The zero-order valence-electron chi connectivity index (χ0n) is 30.0. The van der Waals surface area contributed by atoms with Crippen molar-refractivity contribution in [1.29, 1.82) is 0 Å². The Balaban J connectivity index is 0.754. The van der Waals surface area contributed by atoms with Gasteiger partial charge in [-0.1, -0.05) is 24.3 Å². The van der Waals surface area contributed by atoms with E-state index in [2.05, 4.69) is 42.3 Å². The molecule has 2 N–H and O–H groups in total. The first-order valence-electron chi connectivity index (χ1n) is 18.8. The lowest BCUT2D eigenvalue weighted by molar-refractivity contribution is -0.182. The third-order valence-corrected chi connectivity index (χ3v) is 12.4. The molecule has 12 nitrogen and oxygen atoms in total. The average molecular weight is 708 g/mol. The van der Waals surface area contributed by atoms with Crippen LogP contribution in [0, 0.1) is 11.3 Å². The Hall–Kier alpha value is -4.55. The number of likely N-dealkylation sites (tertiary alicyclic amines) is 2. The number of methoxy groups -OCH3 is 1. The van der Waals surface area contributed by atoms with Gasteiger partial charge in [-0.15, -0.1) is 0 Å². The molecule has 1 unspecified atom stereocenters. The molecule has 0 saturated carbocycles. The molecule has 0 aliphatic carbocycles. The molecule has 5 saturated heterocycles. The number of imide groups is 1. The first kappa shape index (κ1) is 34.5. The summed E-state index contributed by atoms with van der Waals surface area (Å²) in [7, 11) is 1.67. The van der Waals surface area contributed by atoms with Crippen molar-refractivity contribution in [2.24, 2.45) is 11.3 Å². The molecule has 1 aromatic heterocycles. The van der Waals surface area contributed by atoms with Gasteiger partial charge in [0.15, 0.2) is 0 Å². The van der Waals surface area contributed by atoms with Crippen molar-refractivity contribution in [2.45, 2.75) is 56.5 Å². The van der Waals surface area contributed by atoms with Gasteiger partial charge in [0, 0.05) is 95.4 Å². The number of benzene rings is 2. The minimum atomic E-state index is -0.799. The van der Waals surface area contributed by atoms with E-state index < -0.39 is 5.60 Å². The van der Waals surface area contributed by atoms with E-state index in [4.69, 9.17) is 4.74 Å². The van der Waals surface area contributed by atoms with E-state index >= 15 is 0 Å². The number of nitrogens with zero attached hydrogens (tertiary/aromatic N) is 6. The fraction of sp³-hybridized carbons (Fsp3) is 0.525. The topological polar surface area (TPSA) is 131 Å². The molecule has 5 fully saturated rings. The number of amides is 3. The fourth-order valence-electron chi connectivity index (χ4n) is 9.21. The average Bonchev–Trinajstić information content (AvgIpc) is 3.14. The molecule has 274 valence electrons. The normalized spacial score (nSPS) is 23.2. The monoisotopic (exact) mass is 707 g/mol. The molecule has 12 heteroatoms. The number of carbonyl (C=O) groups is 3. The third kappa shape index (κ3) is 6.74. The van der Waals surface area contributed by atoms with E-state index in [0.717, 1.165) is 63.0 Å². The maximum absolute atomic E-state index is 13.8. The fourth-order valence-corrected chi connectivity index (χ4v) is 9.21. The van der Waals surface area contributed by atoms with Crippen molar-refractivity contribution in [3.63, 3.8) is 0 Å². The predicted molar refractivity (Wildman–Crippen MR) is 197 cm³/mol. The van der Waals surface area contributed by atoms with E-state index in [0.29, 0.717) is 50.0 Å². The molecular weight excluding hydrogens is 658 g/mol. The van der Waals surface area contributed by atoms with Gasteiger partial charge in [0.05, 0.1) is 23.5 Å². The first-order valence-corrected chi connectivity index (χ1v) is 18.8. The number of hydrogen-bond donors (Lipinski definition) is 2. The largest absolute Gasteiger partial charge is 0.507 e. The van der Waals surface area contributed by atoms with Crippen molar-refractivity contribution in [1.82, 2.24) is 25.3 Å². The molecule has 1 spiro atoms. The summed E-state index contributed by atoms with van der Waals surface area (Å²) in [5.41, 5.74) is 3.81. The molecule has 2 aromatic carbocycles. The predicted octanol–water partition coefficient (Wildman–Crippen LogP) is 3.81. The van der Waals surface area contributed by atoms with Crippen LogP contribution in [0.25, 0.3) is 11.3 Å². The van der Waals surface area contributed by atoms with Crippen molar-refractivity contribution in [3.8, 4) is 17.0 Å². The van der Waals surface area contributed by atoms with E-state index in [1.807, 2.05) is 35.2 Å². The second-order valence-electron chi connectivity index (χ2n) is 15.7. The highest BCUT2D eigenvalue weighted by Gasteiger charge is 2.56. The molecule has 3 aromatic rings. The zero-order chi connectivity index (χ0) is 35.9. The Morgan fingerprint density at radius 2 is 1.63 bits per heavy atom. The molecule has 52 heavy (non-hydrogen) atoms. The number of carbonyl (C=O) groups excluding carboxylic acids is 3. The number of phenols is 1. The van der Waals surface area contributed by atoms with Gasteiger partial charge in [0.2, 0.25) is 11.8 Å². The summed E-state index contributed by atoms with van der Waals surface area (Å²) >= 11 is 0. The Morgan fingerprint density at radius 1 is 0.923 bits per heavy atom. The number of ether oxygens (including phenoxy) is 1. The Bertz CT molecular complexity index is 1790. The molecule has 0 bridgehead atoms. The minimum absolute atomic E-state index is 0.124. The number of aromatic nitrogens is 2. The van der Waals surface area contributed by atoms with Gasteiger partial charge in [0.1, 0.15) is 11.4 Å². The van der Waals surface area contributed by atoms with E-state index in [1.165, 1.54) is 24.9 Å². The Morgan fingerprint density at radius 3 is 2.33 bits per heavy atom. The maximum Gasteiger partial charge on any atom is 0.254 e. The second kappa shape index (κ2) is 14.1. The number of nitrogens with one attached hydrogen (secondary N) is 1. The van der Waals surface area contributed by atoms with Gasteiger partial charge in [0.25, 0.3) is 5.91 Å². The number of anilines is 2. The number of aromatic hydroxyl groups is 1. The molecule has 3 amide bonds. The van der Waals surface area contributed by atoms with Crippen LogP contribution in [0.5, 0.6) is 5.75 Å². The van der Waals surface area contributed by atoms with Crippen LogP contribution in [0.15, 0.2) is 60.8 Å². The molecule has 5 aliphatic rings. The third-order valence-electron chi connectivity index (χ3n) is 12.4. The molecule has 6 heterocycles. The summed E-state index contributed by atoms with van der Waals surface area (Å²) in [5.74, 6) is 0.419. The van der Waals surface area contributed by atoms with Crippen LogP contribution in [0.3, 0.4) is 0 Å². The molecule has 5 aliphatic heterocycles. The maximum atomic E-state index is 13.8. The number of hydrogen-bond acceptors (Lipinski definition) is 10. The number of para-hydroxylation sites is 1. The van der Waals surface area contributed by atoms with Crippen LogP contribution in [0.1, 0.15) is 56.4 Å². The van der Waals surface area contributed by atoms with E-state index in [1.54, 1.807) is 25.4 Å². The molecule has 1 atom stereocenters. The number of piperidine rings is 3. The molecule has 0 radical (unpaired) electrons. The van der Waals surface area contributed by atoms with Crippen LogP contribution in [0.4, 0.5) is 11.4 Å². The molecular formula is C40H49N7O5. The summed E-state index contributed by atoms with van der Waals surface area (Å²) in [4.78, 5) is 46.8. The minimum Gasteiger partial charge on any atom is -0.507 e. The quantitative estimate of drug-likeness (QED) is 0.317.